The number of nitrogens with two attached hydrogens (primary N) is 1. The van der Waals surface area contributed by atoms with Crippen LogP contribution >= 0.6 is 11.6 Å². The summed E-state index contributed by atoms with van der Waals surface area (Å²) >= 11 is 6.09. The average Bonchev–Trinajstić information content (AvgIpc) is 2.67. The molecule has 0 heterocycles. The van der Waals surface area contributed by atoms with E-state index in [1.54, 1.807) is 12.1 Å². The largest absolute Gasteiger partial charge is 0.271 e. The molecular formula is C15H22ClFN2. The van der Waals surface area contributed by atoms with Crippen LogP contribution in [0, 0.1) is 11.7 Å². The second kappa shape index (κ2) is 7.22. The van der Waals surface area contributed by atoms with E-state index in [4.69, 9.17) is 17.4 Å². The van der Waals surface area contributed by atoms with Gasteiger partial charge in [0.15, 0.2) is 0 Å². The van der Waals surface area contributed by atoms with Crippen LogP contribution in [0.4, 0.5) is 4.39 Å². The molecule has 1 saturated carbocycles. The maximum absolute atomic E-state index is 13.8. The van der Waals surface area contributed by atoms with E-state index in [9.17, 15) is 4.39 Å². The van der Waals surface area contributed by atoms with Gasteiger partial charge in [-0.25, -0.2) is 4.39 Å². The first-order valence-electron chi connectivity index (χ1n) is 7.11. The first kappa shape index (κ1) is 14.8. The van der Waals surface area contributed by atoms with E-state index >= 15 is 0 Å². The number of benzene rings is 1. The Kier molecular flexibility index (Phi) is 5.61. The number of hydrazine groups is 1. The molecular weight excluding hydrogens is 263 g/mol. The summed E-state index contributed by atoms with van der Waals surface area (Å²) < 4.78 is 13.8. The van der Waals surface area contributed by atoms with Crippen LogP contribution in [0.2, 0.25) is 5.02 Å². The highest BCUT2D eigenvalue weighted by Gasteiger charge is 2.23. The van der Waals surface area contributed by atoms with Gasteiger partial charge < -0.3 is 0 Å². The predicted molar refractivity (Wildman–Crippen MR) is 77.4 cm³/mol. The fraction of sp³-hybridized carbons (Fsp3) is 0.600. The van der Waals surface area contributed by atoms with Gasteiger partial charge in [0.05, 0.1) is 0 Å². The molecule has 1 aromatic carbocycles. The SMILES string of the molecule is NNC(Cc1c(F)cccc1Cl)C1CCCCCC1. The zero-order chi connectivity index (χ0) is 13.7. The van der Waals surface area contributed by atoms with E-state index in [1.165, 1.54) is 44.6 Å². The molecule has 0 radical (unpaired) electrons. The van der Waals surface area contributed by atoms with Gasteiger partial charge in [0.1, 0.15) is 5.82 Å². The van der Waals surface area contributed by atoms with E-state index in [2.05, 4.69) is 5.43 Å². The quantitative estimate of drug-likeness (QED) is 0.501. The highest BCUT2D eigenvalue weighted by Crippen LogP contribution is 2.29. The molecule has 0 aliphatic heterocycles. The van der Waals surface area contributed by atoms with Crippen LogP contribution in [0.5, 0.6) is 0 Å². The molecule has 1 aromatic rings. The summed E-state index contributed by atoms with van der Waals surface area (Å²) in [6.45, 7) is 0. The van der Waals surface area contributed by atoms with Gasteiger partial charge in [0, 0.05) is 16.6 Å². The highest BCUT2D eigenvalue weighted by atomic mass is 35.5. The summed E-state index contributed by atoms with van der Waals surface area (Å²) in [5.41, 5.74) is 3.46. The zero-order valence-corrected chi connectivity index (χ0v) is 11.9. The minimum absolute atomic E-state index is 0.104. The standard InChI is InChI=1S/C15H22ClFN2/c16-13-8-5-9-14(17)12(13)10-15(19-18)11-6-3-1-2-4-7-11/h5,8-9,11,15,19H,1-4,6-7,10,18H2. The van der Waals surface area contributed by atoms with Crippen LogP contribution in [0.1, 0.15) is 44.1 Å². The van der Waals surface area contributed by atoms with E-state index < -0.39 is 0 Å². The van der Waals surface area contributed by atoms with Crippen molar-refractivity contribution in [2.45, 2.75) is 51.0 Å². The Morgan fingerprint density at radius 2 is 1.95 bits per heavy atom. The molecule has 2 nitrogen and oxygen atoms in total. The summed E-state index contributed by atoms with van der Waals surface area (Å²) in [6.07, 6.45) is 7.98. The topological polar surface area (TPSA) is 38.0 Å². The molecule has 19 heavy (non-hydrogen) atoms. The maximum atomic E-state index is 13.8. The predicted octanol–water partition coefficient (Wildman–Crippen LogP) is 3.82. The smallest absolute Gasteiger partial charge is 0.127 e. The Balaban J connectivity index is 2.09. The number of hydrogen-bond donors (Lipinski definition) is 2. The van der Waals surface area contributed by atoms with E-state index in [1.807, 2.05) is 0 Å². The Morgan fingerprint density at radius 3 is 2.53 bits per heavy atom. The lowest BCUT2D eigenvalue weighted by Crippen LogP contribution is -2.42. The Bertz CT molecular complexity index is 383. The van der Waals surface area contributed by atoms with Crippen molar-refractivity contribution in [3.63, 3.8) is 0 Å². The molecule has 0 bridgehead atoms. The van der Waals surface area contributed by atoms with Crippen LogP contribution in [0.25, 0.3) is 0 Å². The first-order valence-corrected chi connectivity index (χ1v) is 7.49. The molecule has 0 saturated heterocycles. The van der Waals surface area contributed by atoms with Crippen molar-refractivity contribution in [3.05, 3.63) is 34.6 Å². The third-order valence-corrected chi connectivity index (χ3v) is 4.52. The van der Waals surface area contributed by atoms with Crippen molar-refractivity contribution in [2.24, 2.45) is 11.8 Å². The summed E-state index contributed by atoms with van der Waals surface area (Å²) in [5.74, 6) is 5.97. The van der Waals surface area contributed by atoms with Crippen molar-refractivity contribution in [3.8, 4) is 0 Å². The van der Waals surface area contributed by atoms with E-state index in [-0.39, 0.29) is 11.9 Å². The van der Waals surface area contributed by atoms with Gasteiger partial charge in [-0.1, -0.05) is 43.4 Å². The van der Waals surface area contributed by atoms with Gasteiger partial charge in [-0.2, -0.15) is 0 Å². The normalized spacial score (nSPS) is 19.1. The molecule has 3 N–H and O–H groups in total. The third kappa shape index (κ3) is 3.91. The molecule has 4 heteroatoms. The minimum atomic E-state index is -0.235. The van der Waals surface area contributed by atoms with Crippen LogP contribution < -0.4 is 11.3 Å². The van der Waals surface area contributed by atoms with Crippen molar-refractivity contribution < 1.29 is 4.39 Å². The van der Waals surface area contributed by atoms with Gasteiger partial charge in [-0.15, -0.1) is 0 Å². The lowest BCUT2D eigenvalue weighted by molar-refractivity contribution is 0.318. The maximum Gasteiger partial charge on any atom is 0.127 e. The molecule has 0 aromatic heterocycles. The average molecular weight is 285 g/mol. The Labute approximate surface area is 119 Å². The van der Waals surface area contributed by atoms with Gasteiger partial charge in [0.25, 0.3) is 0 Å². The fourth-order valence-corrected chi connectivity index (χ4v) is 3.26. The Morgan fingerprint density at radius 1 is 1.26 bits per heavy atom. The van der Waals surface area contributed by atoms with Gasteiger partial charge in [-0.3, -0.25) is 11.3 Å². The lowest BCUT2D eigenvalue weighted by Gasteiger charge is -2.26. The van der Waals surface area contributed by atoms with Crippen molar-refractivity contribution in [2.75, 3.05) is 0 Å². The van der Waals surface area contributed by atoms with Gasteiger partial charge in [0.2, 0.25) is 0 Å². The van der Waals surface area contributed by atoms with Crippen LogP contribution in [-0.4, -0.2) is 6.04 Å². The summed E-state index contributed by atoms with van der Waals surface area (Å²) in [5, 5.41) is 0.494. The Hall–Kier alpha value is -0.640. The molecule has 1 fully saturated rings. The molecule has 1 aliphatic rings. The molecule has 1 aliphatic carbocycles. The number of halogens is 2. The number of nitrogens with one attached hydrogen (secondary N) is 1. The van der Waals surface area contributed by atoms with Crippen LogP contribution in [0.3, 0.4) is 0 Å². The number of hydrogen-bond acceptors (Lipinski definition) is 2. The third-order valence-electron chi connectivity index (χ3n) is 4.17. The minimum Gasteiger partial charge on any atom is -0.271 e. The van der Waals surface area contributed by atoms with E-state index in [0.717, 1.165) is 0 Å². The van der Waals surface area contributed by atoms with Gasteiger partial charge in [-0.05, 0) is 37.3 Å². The van der Waals surface area contributed by atoms with E-state index in [0.29, 0.717) is 22.9 Å². The van der Waals surface area contributed by atoms with Crippen LogP contribution in [0.15, 0.2) is 18.2 Å². The molecule has 1 unspecified atom stereocenters. The number of rotatable bonds is 4. The first-order chi connectivity index (χ1) is 9.22. The molecule has 0 amide bonds. The van der Waals surface area contributed by atoms with Gasteiger partial charge >= 0.3 is 0 Å². The monoisotopic (exact) mass is 284 g/mol. The molecule has 0 spiro atoms. The summed E-state index contributed by atoms with van der Waals surface area (Å²) in [4.78, 5) is 0. The van der Waals surface area contributed by atoms with Crippen molar-refractivity contribution in [1.82, 2.24) is 5.43 Å². The van der Waals surface area contributed by atoms with Crippen molar-refractivity contribution >= 4 is 11.6 Å². The highest BCUT2D eigenvalue weighted by molar-refractivity contribution is 6.31. The zero-order valence-electron chi connectivity index (χ0n) is 11.2. The summed E-state index contributed by atoms with van der Waals surface area (Å²) in [7, 11) is 0. The fourth-order valence-electron chi connectivity index (χ4n) is 3.02. The molecule has 106 valence electrons. The lowest BCUT2D eigenvalue weighted by atomic mass is 9.88. The second-order valence-corrected chi connectivity index (χ2v) is 5.84. The summed E-state index contributed by atoms with van der Waals surface area (Å²) in [6, 6.07) is 4.94. The van der Waals surface area contributed by atoms with Crippen molar-refractivity contribution in [1.29, 1.82) is 0 Å². The second-order valence-electron chi connectivity index (χ2n) is 5.43. The van der Waals surface area contributed by atoms with Crippen LogP contribution in [-0.2, 0) is 6.42 Å². The molecule has 2 rings (SSSR count). The molecule has 1 atom stereocenters.